The number of nitrogens with one attached hydrogen (secondary N) is 2. The molecular weight excluding hydrogens is 469 g/mol. The van der Waals surface area contributed by atoms with Crippen LogP contribution >= 0.6 is 0 Å². The van der Waals surface area contributed by atoms with Crippen molar-refractivity contribution in [2.24, 2.45) is 0 Å². The first-order valence-corrected chi connectivity index (χ1v) is 12.9. The zero-order valence-electron chi connectivity index (χ0n) is 19.4. The molecular formula is C26H28FN3O4S. The summed E-state index contributed by atoms with van der Waals surface area (Å²) >= 11 is 0. The highest BCUT2D eigenvalue weighted by atomic mass is 32.2. The van der Waals surface area contributed by atoms with Gasteiger partial charge in [-0.1, -0.05) is 42.5 Å². The van der Waals surface area contributed by atoms with E-state index in [1.165, 1.54) is 42.5 Å². The molecule has 3 aromatic rings. The van der Waals surface area contributed by atoms with Gasteiger partial charge in [-0.05, 0) is 48.4 Å². The predicted molar refractivity (Wildman–Crippen MR) is 132 cm³/mol. The number of ether oxygens (including phenoxy) is 1. The Bertz CT molecular complexity index is 1300. The highest BCUT2D eigenvalue weighted by molar-refractivity contribution is 7.92. The second kappa shape index (κ2) is 11.0. The van der Waals surface area contributed by atoms with Crippen LogP contribution in [0, 0.1) is 5.82 Å². The Kier molecular flexibility index (Phi) is 7.80. The molecule has 4 rings (SSSR count). The highest BCUT2D eigenvalue weighted by Crippen LogP contribution is 2.20. The lowest BCUT2D eigenvalue weighted by Gasteiger charge is -2.31. The van der Waals surface area contributed by atoms with Crippen LogP contribution in [0.15, 0.2) is 77.7 Å². The van der Waals surface area contributed by atoms with Crippen molar-refractivity contribution in [2.45, 2.75) is 31.0 Å². The van der Waals surface area contributed by atoms with Crippen molar-refractivity contribution in [3.05, 3.63) is 95.3 Å². The number of hydrogen-bond acceptors (Lipinski definition) is 5. The number of anilines is 1. The fourth-order valence-corrected chi connectivity index (χ4v) is 5.08. The number of amides is 1. The minimum Gasteiger partial charge on any atom is -0.376 e. The molecule has 1 aliphatic rings. The number of benzene rings is 3. The normalized spacial score (nSPS) is 16.6. The van der Waals surface area contributed by atoms with Gasteiger partial charge in [-0.25, -0.2) is 12.8 Å². The molecule has 1 saturated heterocycles. The number of halogens is 1. The summed E-state index contributed by atoms with van der Waals surface area (Å²) in [5, 5.41) is 2.84. The molecule has 3 aromatic carbocycles. The first-order chi connectivity index (χ1) is 16.8. The fourth-order valence-electron chi connectivity index (χ4n) is 3.97. The summed E-state index contributed by atoms with van der Waals surface area (Å²) in [6.45, 7) is 5.67. The Morgan fingerprint density at radius 2 is 1.83 bits per heavy atom. The quantitative estimate of drug-likeness (QED) is 0.495. The van der Waals surface area contributed by atoms with Gasteiger partial charge in [0.15, 0.2) is 0 Å². The number of rotatable bonds is 8. The molecule has 1 aliphatic heterocycles. The van der Waals surface area contributed by atoms with Gasteiger partial charge < -0.3 is 10.1 Å². The molecule has 7 nitrogen and oxygen atoms in total. The Morgan fingerprint density at radius 3 is 2.63 bits per heavy atom. The minimum atomic E-state index is -4.07. The van der Waals surface area contributed by atoms with E-state index in [-0.39, 0.29) is 22.3 Å². The maximum absolute atomic E-state index is 13.9. The summed E-state index contributed by atoms with van der Waals surface area (Å²) in [5.41, 5.74) is 2.13. The molecule has 2 N–H and O–H groups in total. The number of sulfonamides is 1. The van der Waals surface area contributed by atoms with E-state index in [0.717, 1.165) is 43.4 Å². The lowest BCUT2D eigenvalue weighted by Crippen LogP contribution is -2.40. The number of para-hydroxylation sites is 1. The summed E-state index contributed by atoms with van der Waals surface area (Å²) < 4.78 is 47.1. The van der Waals surface area contributed by atoms with Crippen molar-refractivity contribution in [1.29, 1.82) is 0 Å². The molecule has 1 unspecified atom stereocenters. The predicted octanol–water partition coefficient (Wildman–Crippen LogP) is 3.78. The smallest absolute Gasteiger partial charge is 0.262 e. The lowest BCUT2D eigenvalue weighted by atomic mass is 10.1. The number of carbonyl (C=O) groups excluding carboxylic acids is 1. The van der Waals surface area contributed by atoms with Gasteiger partial charge in [0, 0.05) is 31.7 Å². The van der Waals surface area contributed by atoms with Crippen molar-refractivity contribution < 1.29 is 22.3 Å². The van der Waals surface area contributed by atoms with Crippen LogP contribution in [-0.2, 0) is 27.8 Å². The highest BCUT2D eigenvalue weighted by Gasteiger charge is 2.19. The summed E-state index contributed by atoms with van der Waals surface area (Å²) in [6, 6.07) is 19.1. The Morgan fingerprint density at radius 1 is 1.06 bits per heavy atom. The zero-order valence-corrected chi connectivity index (χ0v) is 20.2. The van der Waals surface area contributed by atoms with Gasteiger partial charge in [0.2, 0.25) is 0 Å². The van der Waals surface area contributed by atoms with Crippen LogP contribution in [0.3, 0.4) is 0 Å². The summed E-state index contributed by atoms with van der Waals surface area (Å²) in [4.78, 5) is 14.9. The summed E-state index contributed by atoms with van der Waals surface area (Å²) in [7, 11) is -4.07. The van der Waals surface area contributed by atoms with Gasteiger partial charge in [-0.15, -0.1) is 0 Å². The van der Waals surface area contributed by atoms with Crippen molar-refractivity contribution >= 4 is 21.6 Å². The van der Waals surface area contributed by atoms with Gasteiger partial charge in [0.25, 0.3) is 15.9 Å². The van der Waals surface area contributed by atoms with Gasteiger partial charge in [0.1, 0.15) is 5.82 Å². The molecule has 1 heterocycles. The van der Waals surface area contributed by atoms with E-state index in [1.807, 2.05) is 12.1 Å². The topological polar surface area (TPSA) is 87.7 Å². The van der Waals surface area contributed by atoms with E-state index < -0.39 is 21.7 Å². The second-order valence-corrected chi connectivity index (χ2v) is 10.2. The van der Waals surface area contributed by atoms with E-state index in [4.69, 9.17) is 4.74 Å². The van der Waals surface area contributed by atoms with E-state index in [2.05, 4.69) is 34.0 Å². The standard InChI is InChI=1S/C26H28FN3O4S/c1-19-17-30(12-13-34-19)18-21-7-4-6-20(14-21)16-28-26(31)22-8-5-9-23(15-22)35(32,33)29-25-11-3-2-10-24(25)27/h2-11,14-15,19,29H,12-13,16-18H2,1H3,(H,28,31). The molecule has 1 amide bonds. The maximum atomic E-state index is 13.9. The summed E-state index contributed by atoms with van der Waals surface area (Å²) in [5.74, 6) is -1.09. The van der Waals surface area contributed by atoms with E-state index in [0.29, 0.717) is 6.54 Å². The van der Waals surface area contributed by atoms with Crippen LogP contribution in [0.2, 0.25) is 0 Å². The van der Waals surface area contributed by atoms with Gasteiger partial charge >= 0.3 is 0 Å². The molecule has 0 radical (unpaired) electrons. The third-order valence-corrected chi connectivity index (χ3v) is 7.06. The molecule has 1 atom stereocenters. The van der Waals surface area contributed by atoms with Crippen molar-refractivity contribution in [3.8, 4) is 0 Å². The number of morpholine rings is 1. The van der Waals surface area contributed by atoms with Gasteiger partial charge in [-0.3, -0.25) is 14.4 Å². The average Bonchev–Trinajstić information content (AvgIpc) is 2.84. The van der Waals surface area contributed by atoms with Gasteiger partial charge in [-0.2, -0.15) is 0 Å². The molecule has 0 bridgehead atoms. The van der Waals surface area contributed by atoms with E-state index >= 15 is 0 Å². The van der Waals surface area contributed by atoms with Crippen molar-refractivity contribution in [3.63, 3.8) is 0 Å². The lowest BCUT2D eigenvalue weighted by molar-refractivity contribution is -0.0212. The van der Waals surface area contributed by atoms with E-state index in [9.17, 15) is 17.6 Å². The molecule has 184 valence electrons. The van der Waals surface area contributed by atoms with Crippen LogP contribution in [0.5, 0.6) is 0 Å². The van der Waals surface area contributed by atoms with Crippen LogP contribution < -0.4 is 10.0 Å². The number of hydrogen-bond donors (Lipinski definition) is 2. The Labute approximate surface area is 205 Å². The molecule has 0 spiro atoms. The zero-order chi connectivity index (χ0) is 24.8. The number of carbonyl (C=O) groups is 1. The molecule has 0 aliphatic carbocycles. The van der Waals surface area contributed by atoms with Crippen LogP contribution in [-0.4, -0.2) is 45.0 Å². The molecule has 9 heteroatoms. The molecule has 1 fully saturated rings. The SMILES string of the molecule is CC1CN(Cc2cccc(CNC(=O)c3cccc(S(=O)(=O)Nc4ccccc4F)c3)c2)CCO1. The second-order valence-electron chi connectivity index (χ2n) is 8.53. The molecule has 0 aromatic heterocycles. The minimum absolute atomic E-state index is 0.130. The molecule has 0 saturated carbocycles. The monoisotopic (exact) mass is 497 g/mol. The van der Waals surface area contributed by atoms with Crippen LogP contribution in [0.1, 0.15) is 28.4 Å². The fraction of sp³-hybridized carbons (Fsp3) is 0.269. The Hall–Kier alpha value is -3.27. The first-order valence-electron chi connectivity index (χ1n) is 11.4. The number of nitrogens with zero attached hydrogens (tertiary/aromatic N) is 1. The summed E-state index contributed by atoms with van der Waals surface area (Å²) in [6.07, 6.45) is 0.215. The van der Waals surface area contributed by atoms with Gasteiger partial charge in [0.05, 0.1) is 23.3 Å². The van der Waals surface area contributed by atoms with E-state index in [1.54, 1.807) is 0 Å². The van der Waals surface area contributed by atoms with Crippen molar-refractivity contribution in [2.75, 3.05) is 24.4 Å². The first kappa shape index (κ1) is 24.8. The average molecular weight is 498 g/mol. The third kappa shape index (κ3) is 6.66. The Balaban J connectivity index is 1.39. The van der Waals surface area contributed by atoms with Crippen LogP contribution in [0.4, 0.5) is 10.1 Å². The third-order valence-electron chi connectivity index (χ3n) is 5.70. The largest absolute Gasteiger partial charge is 0.376 e. The maximum Gasteiger partial charge on any atom is 0.262 e. The van der Waals surface area contributed by atoms with Crippen LogP contribution in [0.25, 0.3) is 0 Å². The molecule has 35 heavy (non-hydrogen) atoms. The van der Waals surface area contributed by atoms with Crippen molar-refractivity contribution in [1.82, 2.24) is 10.2 Å².